The first-order valence-corrected chi connectivity index (χ1v) is 10.2. The van der Waals surface area contributed by atoms with Crippen LogP contribution in [0.15, 0.2) is 29.2 Å². The van der Waals surface area contributed by atoms with E-state index >= 15 is 0 Å². The Bertz CT molecular complexity index is 637. The summed E-state index contributed by atoms with van der Waals surface area (Å²) in [7, 11) is -3.19. The minimum absolute atomic E-state index is 0.0141. The quantitative estimate of drug-likeness (QED) is 0.768. The highest BCUT2D eigenvalue weighted by atomic mass is 35.5. The van der Waals surface area contributed by atoms with Crippen LogP contribution in [0.1, 0.15) is 6.42 Å². The molecule has 1 heterocycles. The van der Waals surface area contributed by atoms with E-state index in [0.717, 1.165) is 4.90 Å². The summed E-state index contributed by atoms with van der Waals surface area (Å²) in [6.45, 7) is 1.87. The average Bonchev–Trinajstić information content (AvgIpc) is 2.71. The van der Waals surface area contributed by atoms with E-state index < -0.39 is 10.0 Å². The van der Waals surface area contributed by atoms with Gasteiger partial charge in [-0.25, -0.2) is 12.7 Å². The van der Waals surface area contributed by atoms with E-state index in [1.54, 1.807) is 11.0 Å². The number of sulfonamides is 1. The van der Waals surface area contributed by atoms with Gasteiger partial charge in [0.25, 0.3) is 0 Å². The van der Waals surface area contributed by atoms with Gasteiger partial charge in [0.2, 0.25) is 15.9 Å². The van der Waals surface area contributed by atoms with Gasteiger partial charge in [-0.3, -0.25) is 4.79 Å². The molecular weight excluding hydrogens is 344 g/mol. The van der Waals surface area contributed by atoms with Gasteiger partial charge in [0.05, 0.1) is 17.0 Å². The molecule has 0 spiro atoms. The first kappa shape index (κ1) is 17.6. The summed E-state index contributed by atoms with van der Waals surface area (Å²) in [5, 5.41) is 0.638. The second-order valence-corrected chi connectivity index (χ2v) is 8.52. The topological polar surface area (TPSA) is 57.7 Å². The van der Waals surface area contributed by atoms with Crippen LogP contribution in [0.3, 0.4) is 0 Å². The number of hydrogen-bond acceptors (Lipinski definition) is 4. The molecule has 1 aromatic carbocycles. The smallest absolute Gasteiger partial charge is 0.232 e. The van der Waals surface area contributed by atoms with Crippen molar-refractivity contribution in [2.45, 2.75) is 11.3 Å². The van der Waals surface area contributed by atoms with Gasteiger partial charge in [-0.2, -0.15) is 0 Å². The molecule has 0 aromatic heterocycles. The van der Waals surface area contributed by atoms with Crippen molar-refractivity contribution in [3.8, 4) is 0 Å². The molecule has 2 rings (SSSR count). The zero-order valence-electron chi connectivity index (χ0n) is 12.4. The van der Waals surface area contributed by atoms with Crippen molar-refractivity contribution in [2.24, 2.45) is 0 Å². The minimum Gasteiger partial charge on any atom is -0.341 e. The summed E-state index contributed by atoms with van der Waals surface area (Å²) in [4.78, 5) is 14.9. The fourth-order valence-corrected chi connectivity index (χ4v) is 4.28. The van der Waals surface area contributed by atoms with Crippen molar-refractivity contribution in [2.75, 3.05) is 38.2 Å². The summed E-state index contributed by atoms with van der Waals surface area (Å²) in [6, 6.07) is 7.41. The zero-order chi connectivity index (χ0) is 16.2. The lowest BCUT2D eigenvalue weighted by molar-refractivity contribution is -0.128. The lowest BCUT2D eigenvalue weighted by Gasteiger charge is -2.21. The van der Waals surface area contributed by atoms with Crippen LogP contribution in [0.5, 0.6) is 0 Å². The lowest BCUT2D eigenvalue weighted by Crippen LogP contribution is -2.37. The molecule has 122 valence electrons. The lowest BCUT2D eigenvalue weighted by atomic mass is 10.4. The Kier molecular flexibility index (Phi) is 6.14. The summed E-state index contributed by atoms with van der Waals surface area (Å²) in [6.07, 6.45) is 1.87. The Balaban J connectivity index is 1.89. The van der Waals surface area contributed by atoms with Crippen molar-refractivity contribution in [3.05, 3.63) is 29.3 Å². The molecule has 0 bridgehead atoms. The van der Waals surface area contributed by atoms with E-state index in [0.29, 0.717) is 43.4 Å². The summed E-state index contributed by atoms with van der Waals surface area (Å²) >= 11 is 7.48. The van der Waals surface area contributed by atoms with Crippen molar-refractivity contribution < 1.29 is 13.2 Å². The van der Waals surface area contributed by atoms with Gasteiger partial charge in [0.15, 0.2) is 0 Å². The molecule has 1 aromatic rings. The van der Waals surface area contributed by atoms with Crippen LogP contribution in [-0.4, -0.2) is 61.7 Å². The molecule has 0 unspecified atom stereocenters. The van der Waals surface area contributed by atoms with Crippen LogP contribution >= 0.6 is 23.4 Å². The number of rotatable bonds is 4. The fraction of sp³-hybridized carbons (Fsp3) is 0.500. The number of benzene rings is 1. The molecule has 0 N–H and O–H groups in total. The van der Waals surface area contributed by atoms with E-state index in [1.165, 1.54) is 22.3 Å². The van der Waals surface area contributed by atoms with Gasteiger partial charge < -0.3 is 4.90 Å². The highest BCUT2D eigenvalue weighted by Gasteiger charge is 2.23. The van der Waals surface area contributed by atoms with Crippen molar-refractivity contribution in [1.29, 1.82) is 0 Å². The Labute approximate surface area is 140 Å². The van der Waals surface area contributed by atoms with Gasteiger partial charge in [-0.1, -0.05) is 23.7 Å². The maximum Gasteiger partial charge on any atom is 0.232 e. The molecule has 0 saturated carbocycles. The molecule has 5 nitrogen and oxygen atoms in total. The Hall–Kier alpha value is -0.760. The van der Waals surface area contributed by atoms with E-state index in [2.05, 4.69) is 0 Å². The first-order valence-electron chi connectivity index (χ1n) is 6.98. The van der Waals surface area contributed by atoms with Gasteiger partial charge in [-0.05, 0) is 18.6 Å². The summed E-state index contributed by atoms with van der Waals surface area (Å²) in [5.74, 6) is 0.322. The van der Waals surface area contributed by atoms with Gasteiger partial charge >= 0.3 is 0 Å². The molecule has 0 radical (unpaired) electrons. The van der Waals surface area contributed by atoms with Crippen molar-refractivity contribution in [3.63, 3.8) is 0 Å². The van der Waals surface area contributed by atoms with E-state index in [4.69, 9.17) is 11.6 Å². The van der Waals surface area contributed by atoms with Crippen LogP contribution in [0.2, 0.25) is 5.02 Å². The second kappa shape index (κ2) is 7.68. The zero-order valence-corrected chi connectivity index (χ0v) is 14.8. The Morgan fingerprint density at radius 3 is 2.64 bits per heavy atom. The molecule has 8 heteroatoms. The second-order valence-electron chi connectivity index (χ2n) is 5.12. The van der Waals surface area contributed by atoms with Crippen molar-refractivity contribution in [1.82, 2.24) is 9.21 Å². The minimum atomic E-state index is -3.19. The number of thioether (sulfide) groups is 1. The van der Waals surface area contributed by atoms with E-state index in [-0.39, 0.29) is 5.91 Å². The van der Waals surface area contributed by atoms with Gasteiger partial charge in [-0.15, -0.1) is 11.8 Å². The molecule has 1 amide bonds. The highest BCUT2D eigenvalue weighted by molar-refractivity contribution is 8.00. The maximum absolute atomic E-state index is 12.3. The largest absolute Gasteiger partial charge is 0.341 e. The van der Waals surface area contributed by atoms with E-state index in [9.17, 15) is 13.2 Å². The predicted molar refractivity (Wildman–Crippen MR) is 89.8 cm³/mol. The number of nitrogens with zero attached hydrogens (tertiary/aromatic N) is 2. The Morgan fingerprint density at radius 1 is 1.23 bits per heavy atom. The third-order valence-corrected chi connectivity index (χ3v) is 6.27. The van der Waals surface area contributed by atoms with Crippen LogP contribution in [0.25, 0.3) is 0 Å². The standard InChI is InChI=1S/C14H19ClN2O3S2/c1-22(19,20)17-8-4-7-16(9-10-17)14(18)11-21-13-6-3-2-5-12(13)15/h2-3,5-6H,4,7-11H2,1H3. The Morgan fingerprint density at radius 2 is 1.95 bits per heavy atom. The molecular formula is C14H19ClN2O3S2. The number of amides is 1. The van der Waals surface area contributed by atoms with Crippen LogP contribution in [0.4, 0.5) is 0 Å². The summed E-state index contributed by atoms with van der Waals surface area (Å²) < 4.78 is 24.6. The molecule has 0 aliphatic carbocycles. The molecule has 1 aliphatic rings. The molecule has 1 saturated heterocycles. The number of hydrogen-bond donors (Lipinski definition) is 0. The number of carbonyl (C=O) groups is 1. The normalized spacial score (nSPS) is 17.3. The van der Waals surface area contributed by atoms with E-state index in [1.807, 2.05) is 18.2 Å². The molecule has 1 fully saturated rings. The molecule has 1 aliphatic heterocycles. The first-order chi connectivity index (χ1) is 10.4. The number of carbonyl (C=O) groups excluding carboxylic acids is 1. The maximum atomic E-state index is 12.3. The van der Waals surface area contributed by atoms with Crippen molar-refractivity contribution >= 4 is 39.3 Å². The highest BCUT2D eigenvalue weighted by Crippen LogP contribution is 2.26. The molecule has 0 atom stereocenters. The van der Waals surface area contributed by atoms with Gasteiger partial charge in [0.1, 0.15) is 0 Å². The average molecular weight is 363 g/mol. The van der Waals surface area contributed by atoms with Crippen LogP contribution in [-0.2, 0) is 14.8 Å². The monoisotopic (exact) mass is 362 g/mol. The third-order valence-electron chi connectivity index (χ3n) is 3.46. The SMILES string of the molecule is CS(=O)(=O)N1CCCN(C(=O)CSc2ccccc2Cl)CC1. The van der Waals surface area contributed by atoms with Gasteiger partial charge in [0, 0.05) is 31.1 Å². The van der Waals surface area contributed by atoms with Crippen LogP contribution in [0, 0.1) is 0 Å². The third kappa shape index (κ3) is 4.87. The fourth-order valence-electron chi connectivity index (χ4n) is 2.27. The molecule has 22 heavy (non-hydrogen) atoms. The van der Waals surface area contributed by atoms with Crippen LogP contribution < -0.4 is 0 Å². The number of halogens is 1. The summed E-state index contributed by atoms with van der Waals surface area (Å²) in [5.41, 5.74) is 0. The predicted octanol–water partition coefficient (Wildman–Crippen LogP) is 1.93.